The van der Waals surface area contributed by atoms with Crippen molar-refractivity contribution < 1.29 is 29.0 Å². The van der Waals surface area contributed by atoms with Crippen LogP contribution in [0.2, 0.25) is 0 Å². The van der Waals surface area contributed by atoms with E-state index in [9.17, 15) is 14.4 Å². The van der Waals surface area contributed by atoms with Crippen molar-refractivity contribution in [2.24, 2.45) is 0 Å². The summed E-state index contributed by atoms with van der Waals surface area (Å²) in [4.78, 5) is 36.5. The van der Waals surface area contributed by atoms with Crippen LogP contribution in [0.5, 0.6) is 0 Å². The molecule has 8 nitrogen and oxygen atoms in total. The summed E-state index contributed by atoms with van der Waals surface area (Å²) in [5.41, 5.74) is 4.41. The topological polar surface area (TPSA) is 114 Å². The number of hydrogen-bond acceptors (Lipinski definition) is 5. The number of hydrogen-bond donors (Lipinski definition) is 3. The lowest BCUT2D eigenvalue weighted by Crippen LogP contribution is -2.49. The summed E-state index contributed by atoms with van der Waals surface area (Å²) in [5.74, 6) is -1.59. The Morgan fingerprint density at radius 2 is 1.71 bits per heavy atom. The number of benzene rings is 2. The number of fused-ring (bicyclic) bond motifs is 3. The maximum absolute atomic E-state index is 12.8. The highest BCUT2D eigenvalue weighted by Gasteiger charge is 2.30. The van der Waals surface area contributed by atoms with Gasteiger partial charge in [-0.3, -0.25) is 9.59 Å². The molecule has 0 saturated carbocycles. The number of rotatable bonds is 9. The standard InChI is InChI=1S/C27H32N2O6/c1-17-7-6-8-18(35-17)15-28-26(32)24(13-14-25(30)31)29-27(33)34-16-23-21-11-4-2-9-19(21)20-10-3-5-12-22(20)23/h2-5,9-12,17-18,23-24H,6-8,13-16H2,1H3,(H,28,32)(H,29,33)(H,30,31). The third kappa shape index (κ3) is 6.19. The van der Waals surface area contributed by atoms with Crippen molar-refractivity contribution in [2.75, 3.05) is 13.2 Å². The SMILES string of the molecule is CC1CCCC(CNC(=O)C(CCC(=O)O)NC(=O)OCC2c3ccccc3-c3ccccc32)O1. The lowest BCUT2D eigenvalue weighted by atomic mass is 9.98. The second-order valence-corrected chi connectivity index (χ2v) is 9.20. The minimum absolute atomic E-state index is 0.0344. The average molecular weight is 481 g/mol. The van der Waals surface area contributed by atoms with E-state index < -0.39 is 24.0 Å². The number of aliphatic carboxylic acids is 1. The largest absolute Gasteiger partial charge is 0.481 e. The van der Waals surface area contributed by atoms with Gasteiger partial charge in [0, 0.05) is 18.9 Å². The van der Waals surface area contributed by atoms with E-state index in [2.05, 4.69) is 22.8 Å². The summed E-state index contributed by atoms with van der Waals surface area (Å²) in [6, 6.07) is 15.0. The molecule has 0 aromatic heterocycles. The van der Waals surface area contributed by atoms with Gasteiger partial charge in [0.15, 0.2) is 0 Å². The van der Waals surface area contributed by atoms with Crippen LogP contribution >= 0.6 is 0 Å². The zero-order valence-electron chi connectivity index (χ0n) is 19.9. The minimum atomic E-state index is -1.04. The molecular weight excluding hydrogens is 448 g/mol. The molecule has 3 N–H and O–H groups in total. The fourth-order valence-corrected chi connectivity index (χ4v) is 4.90. The summed E-state index contributed by atoms with van der Waals surface area (Å²) >= 11 is 0. The van der Waals surface area contributed by atoms with Crippen molar-refractivity contribution in [3.8, 4) is 11.1 Å². The molecular formula is C27H32N2O6. The molecule has 8 heteroatoms. The first kappa shape index (κ1) is 24.7. The smallest absolute Gasteiger partial charge is 0.407 e. The number of carbonyl (C=O) groups excluding carboxylic acids is 2. The third-order valence-corrected chi connectivity index (χ3v) is 6.66. The summed E-state index contributed by atoms with van der Waals surface area (Å²) in [6.45, 7) is 2.43. The van der Waals surface area contributed by atoms with Crippen molar-refractivity contribution in [1.29, 1.82) is 0 Å². The van der Waals surface area contributed by atoms with Gasteiger partial charge in [-0.25, -0.2) is 4.79 Å². The molecule has 4 rings (SSSR count). The molecule has 0 bridgehead atoms. The Hall–Kier alpha value is -3.39. The van der Waals surface area contributed by atoms with Crippen LogP contribution in [0.3, 0.4) is 0 Å². The van der Waals surface area contributed by atoms with Gasteiger partial charge in [-0.05, 0) is 54.9 Å². The summed E-state index contributed by atoms with van der Waals surface area (Å²) in [7, 11) is 0. The predicted octanol–water partition coefficient (Wildman–Crippen LogP) is 3.83. The lowest BCUT2D eigenvalue weighted by Gasteiger charge is -2.28. The number of alkyl carbamates (subject to hydrolysis) is 1. The molecule has 1 saturated heterocycles. The molecule has 0 spiro atoms. The summed E-state index contributed by atoms with van der Waals surface area (Å²) in [6.07, 6.45) is 1.90. The van der Waals surface area contributed by atoms with Gasteiger partial charge in [0.25, 0.3) is 0 Å². The van der Waals surface area contributed by atoms with Gasteiger partial charge < -0.3 is 25.2 Å². The Morgan fingerprint density at radius 1 is 1.06 bits per heavy atom. The van der Waals surface area contributed by atoms with Crippen LogP contribution in [-0.4, -0.2) is 54.5 Å². The number of carbonyl (C=O) groups is 3. The fraction of sp³-hybridized carbons (Fsp3) is 0.444. The van der Waals surface area contributed by atoms with E-state index >= 15 is 0 Å². The van der Waals surface area contributed by atoms with Crippen molar-refractivity contribution in [3.05, 3.63) is 59.7 Å². The van der Waals surface area contributed by atoms with Gasteiger partial charge in [-0.1, -0.05) is 48.5 Å². The van der Waals surface area contributed by atoms with E-state index in [1.807, 2.05) is 43.3 Å². The normalized spacial score (nSPS) is 19.8. The summed E-state index contributed by atoms with van der Waals surface area (Å²) < 4.78 is 11.4. The molecule has 3 atom stereocenters. The molecule has 2 amide bonds. The van der Waals surface area contributed by atoms with Crippen LogP contribution in [0.15, 0.2) is 48.5 Å². The van der Waals surface area contributed by atoms with Gasteiger partial charge in [0.1, 0.15) is 12.6 Å². The number of nitrogens with one attached hydrogen (secondary N) is 2. The molecule has 0 radical (unpaired) electrons. The number of amides is 2. The highest BCUT2D eigenvalue weighted by atomic mass is 16.5. The average Bonchev–Trinajstić information content (AvgIpc) is 3.17. The molecule has 2 aromatic rings. The second kappa shape index (κ2) is 11.4. The fourth-order valence-electron chi connectivity index (χ4n) is 4.90. The Balaban J connectivity index is 1.35. The predicted molar refractivity (Wildman–Crippen MR) is 130 cm³/mol. The second-order valence-electron chi connectivity index (χ2n) is 9.20. The van der Waals surface area contributed by atoms with Crippen molar-refractivity contribution in [2.45, 2.75) is 63.2 Å². The van der Waals surface area contributed by atoms with E-state index in [4.69, 9.17) is 14.6 Å². The number of carboxylic acid groups (broad SMARTS) is 1. The van der Waals surface area contributed by atoms with E-state index in [1.54, 1.807) is 0 Å². The quantitative estimate of drug-likeness (QED) is 0.503. The zero-order valence-corrected chi connectivity index (χ0v) is 19.9. The molecule has 1 heterocycles. The molecule has 1 fully saturated rings. The lowest BCUT2D eigenvalue weighted by molar-refractivity contribution is -0.137. The molecule has 1 aliphatic carbocycles. The molecule has 186 valence electrons. The first-order chi connectivity index (χ1) is 16.9. The van der Waals surface area contributed by atoms with Gasteiger partial charge in [-0.15, -0.1) is 0 Å². The van der Waals surface area contributed by atoms with Gasteiger partial charge >= 0.3 is 12.1 Å². The van der Waals surface area contributed by atoms with E-state index in [-0.39, 0.29) is 37.6 Å². The van der Waals surface area contributed by atoms with Crippen LogP contribution in [0.4, 0.5) is 4.79 Å². The van der Waals surface area contributed by atoms with E-state index in [1.165, 1.54) is 0 Å². The first-order valence-corrected chi connectivity index (χ1v) is 12.2. The maximum atomic E-state index is 12.8. The molecule has 3 unspecified atom stereocenters. The molecule has 35 heavy (non-hydrogen) atoms. The van der Waals surface area contributed by atoms with Crippen LogP contribution in [0.25, 0.3) is 11.1 Å². The molecule has 2 aromatic carbocycles. The Kier molecular flexibility index (Phi) is 8.02. The van der Waals surface area contributed by atoms with Crippen molar-refractivity contribution in [1.82, 2.24) is 10.6 Å². The van der Waals surface area contributed by atoms with Crippen molar-refractivity contribution in [3.63, 3.8) is 0 Å². The number of ether oxygens (including phenoxy) is 2. The maximum Gasteiger partial charge on any atom is 0.407 e. The Morgan fingerprint density at radius 3 is 2.34 bits per heavy atom. The molecule has 2 aliphatic rings. The van der Waals surface area contributed by atoms with Crippen molar-refractivity contribution >= 4 is 18.0 Å². The number of carboxylic acids is 1. The van der Waals surface area contributed by atoms with Gasteiger partial charge in [0.05, 0.1) is 12.2 Å². The monoisotopic (exact) mass is 480 g/mol. The highest BCUT2D eigenvalue weighted by Crippen LogP contribution is 2.44. The minimum Gasteiger partial charge on any atom is -0.481 e. The van der Waals surface area contributed by atoms with E-state index in [0.717, 1.165) is 41.5 Å². The van der Waals surface area contributed by atoms with Crippen LogP contribution in [-0.2, 0) is 19.1 Å². The third-order valence-electron chi connectivity index (χ3n) is 6.66. The van der Waals surface area contributed by atoms with Crippen LogP contribution < -0.4 is 10.6 Å². The Labute approximate surface area is 205 Å². The van der Waals surface area contributed by atoms with E-state index in [0.29, 0.717) is 6.54 Å². The first-order valence-electron chi connectivity index (χ1n) is 12.2. The van der Waals surface area contributed by atoms with Crippen LogP contribution in [0.1, 0.15) is 56.1 Å². The zero-order chi connectivity index (χ0) is 24.8. The summed E-state index contributed by atoms with van der Waals surface area (Å²) in [5, 5.41) is 14.4. The van der Waals surface area contributed by atoms with Crippen LogP contribution in [0, 0.1) is 0 Å². The van der Waals surface area contributed by atoms with Gasteiger partial charge in [0.2, 0.25) is 5.91 Å². The molecule has 1 aliphatic heterocycles. The highest BCUT2D eigenvalue weighted by molar-refractivity contribution is 5.86. The Bertz CT molecular complexity index is 1030. The van der Waals surface area contributed by atoms with Gasteiger partial charge in [-0.2, -0.15) is 0 Å².